The number of hydrogen-bond acceptors (Lipinski definition) is 4. The maximum Gasteiger partial charge on any atom is 0.212 e. The van der Waals surface area contributed by atoms with Crippen molar-refractivity contribution in [3.05, 3.63) is 48.0 Å². The predicted molar refractivity (Wildman–Crippen MR) is 83.9 cm³/mol. The first-order valence-electron chi connectivity index (χ1n) is 6.96. The third-order valence-corrected chi connectivity index (χ3v) is 4.71. The van der Waals surface area contributed by atoms with Crippen molar-refractivity contribution < 1.29 is 14.4 Å². The lowest BCUT2D eigenvalue weighted by Crippen LogP contribution is -2.28. The van der Waals surface area contributed by atoms with Gasteiger partial charge in [0.15, 0.2) is 0 Å². The van der Waals surface area contributed by atoms with Crippen molar-refractivity contribution in [2.45, 2.75) is 31.9 Å². The van der Waals surface area contributed by atoms with Crippen LogP contribution in [0.15, 0.2) is 42.5 Å². The highest BCUT2D eigenvalue weighted by atomic mass is 32.2. The molecule has 0 spiro atoms. The van der Waals surface area contributed by atoms with Crippen LogP contribution in [0.1, 0.15) is 31.7 Å². The van der Waals surface area contributed by atoms with E-state index in [4.69, 9.17) is 0 Å². The van der Waals surface area contributed by atoms with Gasteiger partial charge in [-0.15, -0.1) is 0 Å². The molecule has 21 heavy (non-hydrogen) atoms. The molecule has 1 fully saturated rings. The first-order chi connectivity index (χ1) is 10.0. The van der Waals surface area contributed by atoms with Gasteiger partial charge in [-0.05, 0) is 25.0 Å². The lowest BCUT2D eigenvalue weighted by atomic mass is 9.83. The van der Waals surface area contributed by atoms with Crippen LogP contribution >= 0.6 is 11.8 Å². The number of benzene rings is 1. The second-order valence-corrected chi connectivity index (χ2v) is 6.36. The average molecular weight is 302 g/mol. The third-order valence-electron chi connectivity index (χ3n) is 3.81. The second kappa shape index (κ2) is 6.85. The van der Waals surface area contributed by atoms with Crippen LogP contribution in [0, 0.1) is 5.41 Å². The Morgan fingerprint density at radius 3 is 2.43 bits per heavy atom. The fraction of sp³-hybridized carbons (Fsp3) is 0.353. The van der Waals surface area contributed by atoms with E-state index in [0.29, 0.717) is 25.0 Å². The van der Waals surface area contributed by atoms with Crippen molar-refractivity contribution in [2.75, 3.05) is 0 Å². The van der Waals surface area contributed by atoms with E-state index in [2.05, 4.69) is 0 Å². The molecule has 2 rings (SSSR count). The van der Waals surface area contributed by atoms with Crippen molar-refractivity contribution in [1.82, 2.24) is 0 Å². The largest absolute Gasteiger partial charge is 0.299 e. The normalized spacial score (nSPS) is 17.6. The van der Waals surface area contributed by atoms with Crippen LogP contribution in [0.25, 0.3) is 0 Å². The first-order valence-corrected chi connectivity index (χ1v) is 7.95. The Morgan fingerprint density at radius 1 is 1.19 bits per heavy atom. The Morgan fingerprint density at radius 2 is 1.81 bits per heavy atom. The number of ketones is 2. The Bertz CT molecular complexity index is 559. The quantitative estimate of drug-likeness (QED) is 0.618. The highest BCUT2D eigenvalue weighted by molar-refractivity contribution is 8.13. The maximum absolute atomic E-state index is 11.8. The van der Waals surface area contributed by atoms with E-state index in [-0.39, 0.29) is 16.7 Å². The molecule has 3 nitrogen and oxygen atoms in total. The molecule has 4 heteroatoms. The molecule has 0 bridgehead atoms. The van der Waals surface area contributed by atoms with Gasteiger partial charge in [0.05, 0.1) is 5.41 Å². The van der Waals surface area contributed by atoms with Gasteiger partial charge < -0.3 is 0 Å². The number of rotatable bonds is 5. The Labute approximate surface area is 128 Å². The van der Waals surface area contributed by atoms with Crippen LogP contribution in [0.2, 0.25) is 0 Å². The van der Waals surface area contributed by atoms with Crippen molar-refractivity contribution in [2.24, 2.45) is 5.41 Å². The predicted octanol–water partition coefficient (Wildman–Crippen LogP) is 3.33. The van der Waals surface area contributed by atoms with E-state index in [1.54, 1.807) is 13.0 Å². The fourth-order valence-electron chi connectivity index (χ4n) is 2.33. The number of carbonyl (C=O) groups excluding carboxylic acids is 3. The topological polar surface area (TPSA) is 51.2 Å². The van der Waals surface area contributed by atoms with Crippen molar-refractivity contribution in [3.63, 3.8) is 0 Å². The van der Waals surface area contributed by atoms with Crippen LogP contribution in [0.4, 0.5) is 0 Å². The standard InChI is InChI=1S/C17H18O3S/c1-17(14(18)9-10-15(17)19)11-5-8-16(20)21-12-13-6-3-2-4-7-13/h2-8H,9-12H2,1H3/b8-5+. The smallest absolute Gasteiger partial charge is 0.212 e. The highest BCUT2D eigenvalue weighted by Crippen LogP contribution is 2.34. The van der Waals surface area contributed by atoms with E-state index in [9.17, 15) is 14.4 Å². The molecule has 1 aliphatic carbocycles. The van der Waals surface area contributed by atoms with Crippen LogP contribution in [0.3, 0.4) is 0 Å². The minimum Gasteiger partial charge on any atom is -0.299 e. The summed E-state index contributed by atoms with van der Waals surface area (Å²) in [6, 6.07) is 9.76. The van der Waals surface area contributed by atoms with E-state index < -0.39 is 5.41 Å². The number of Topliss-reactive ketones (excluding diaryl/α,β-unsaturated/α-hetero) is 2. The molecule has 0 saturated heterocycles. The van der Waals surface area contributed by atoms with Crippen molar-refractivity contribution >= 4 is 28.4 Å². The summed E-state index contributed by atoms with van der Waals surface area (Å²) in [6.45, 7) is 1.68. The molecule has 0 unspecified atom stereocenters. The Kier molecular flexibility index (Phi) is 5.12. The fourth-order valence-corrected chi connectivity index (χ4v) is 3.02. The zero-order valence-corrected chi connectivity index (χ0v) is 12.8. The third kappa shape index (κ3) is 3.91. The average Bonchev–Trinajstić information content (AvgIpc) is 2.74. The molecule has 0 radical (unpaired) electrons. The summed E-state index contributed by atoms with van der Waals surface area (Å²) in [4.78, 5) is 35.3. The van der Waals surface area contributed by atoms with Gasteiger partial charge in [-0.3, -0.25) is 14.4 Å². The maximum atomic E-state index is 11.8. The molecule has 0 N–H and O–H groups in total. The molecule has 0 atom stereocenters. The molecule has 0 aromatic heterocycles. The zero-order valence-electron chi connectivity index (χ0n) is 12.0. The molecule has 0 aliphatic heterocycles. The summed E-state index contributed by atoms with van der Waals surface area (Å²) in [7, 11) is 0. The van der Waals surface area contributed by atoms with Gasteiger partial charge in [-0.1, -0.05) is 48.2 Å². The second-order valence-electron chi connectivity index (χ2n) is 5.38. The minimum atomic E-state index is -0.916. The van der Waals surface area contributed by atoms with Gasteiger partial charge in [0, 0.05) is 18.6 Å². The SMILES string of the molecule is CC1(C/C=C/C(=O)SCc2ccccc2)C(=O)CCC1=O. The van der Waals surface area contributed by atoms with Gasteiger partial charge in [0.25, 0.3) is 0 Å². The summed E-state index contributed by atoms with van der Waals surface area (Å²) >= 11 is 1.22. The molecular formula is C17H18O3S. The Balaban J connectivity index is 1.83. The molecule has 1 saturated carbocycles. The summed E-state index contributed by atoms with van der Waals surface area (Å²) in [5, 5.41) is -0.0552. The van der Waals surface area contributed by atoms with E-state index in [1.807, 2.05) is 30.3 Å². The lowest BCUT2D eigenvalue weighted by Gasteiger charge is -2.17. The lowest BCUT2D eigenvalue weighted by molar-refractivity contribution is -0.133. The van der Waals surface area contributed by atoms with Crippen LogP contribution < -0.4 is 0 Å². The van der Waals surface area contributed by atoms with Gasteiger partial charge >= 0.3 is 0 Å². The van der Waals surface area contributed by atoms with Gasteiger partial charge in [-0.25, -0.2) is 0 Å². The van der Waals surface area contributed by atoms with Crippen LogP contribution in [0.5, 0.6) is 0 Å². The minimum absolute atomic E-state index is 0.0125. The van der Waals surface area contributed by atoms with Crippen LogP contribution in [-0.4, -0.2) is 16.7 Å². The molecule has 1 aliphatic rings. The van der Waals surface area contributed by atoms with Crippen LogP contribution in [-0.2, 0) is 20.1 Å². The van der Waals surface area contributed by atoms with Crippen molar-refractivity contribution in [3.8, 4) is 0 Å². The van der Waals surface area contributed by atoms with Gasteiger partial charge in [-0.2, -0.15) is 0 Å². The van der Waals surface area contributed by atoms with E-state index in [1.165, 1.54) is 17.8 Å². The Hall–Kier alpha value is -1.68. The molecule has 0 amide bonds. The summed E-state index contributed by atoms with van der Waals surface area (Å²) in [5.74, 6) is 0.599. The molecule has 1 aromatic carbocycles. The number of allylic oxidation sites excluding steroid dienone is 1. The molecule has 0 heterocycles. The monoisotopic (exact) mass is 302 g/mol. The first kappa shape index (κ1) is 15.7. The molecule has 110 valence electrons. The summed E-state index contributed by atoms with van der Waals surface area (Å²) < 4.78 is 0. The highest BCUT2D eigenvalue weighted by Gasteiger charge is 2.43. The zero-order chi connectivity index (χ0) is 15.3. The van der Waals surface area contributed by atoms with Gasteiger partial charge in [0.1, 0.15) is 11.6 Å². The van der Waals surface area contributed by atoms with E-state index >= 15 is 0 Å². The molecule has 1 aromatic rings. The summed E-state index contributed by atoms with van der Waals surface area (Å²) in [5.41, 5.74) is 0.179. The number of carbonyl (C=O) groups is 3. The summed E-state index contributed by atoms with van der Waals surface area (Å²) in [6.07, 6.45) is 4.11. The number of thioether (sulfide) groups is 1. The van der Waals surface area contributed by atoms with Gasteiger partial charge in [0.2, 0.25) is 5.12 Å². The molecular weight excluding hydrogens is 284 g/mol. The number of hydrogen-bond donors (Lipinski definition) is 0. The van der Waals surface area contributed by atoms with E-state index in [0.717, 1.165) is 5.56 Å². The van der Waals surface area contributed by atoms with Crippen molar-refractivity contribution in [1.29, 1.82) is 0 Å².